The fourth-order valence-corrected chi connectivity index (χ4v) is 3.49. The normalized spacial score (nSPS) is 14.0. The number of likely N-dealkylation sites (tertiary alicyclic amines) is 1. The molecule has 1 aliphatic heterocycles. The second kappa shape index (κ2) is 11.5. The Morgan fingerprint density at radius 2 is 1.73 bits per heavy atom. The van der Waals surface area contributed by atoms with Crippen LogP contribution in [0.15, 0.2) is 48.5 Å². The molecule has 0 aliphatic carbocycles. The molecule has 0 bridgehead atoms. The van der Waals surface area contributed by atoms with Gasteiger partial charge in [-0.3, -0.25) is 9.59 Å². The number of para-hydroxylation sites is 1. The van der Waals surface area contributed by atoms with Gasteiger partial charge in [-0.25, -0.2) is 4.79 Å². The first-order chi connectivity index (χ1) is 15.8. The summed E-state index contributed by atoms with van der Waals surface area (Å²) in [4.78, 5) is 38.3. The van der Waals surface area contributed by atoms with E-state index in [0.29, 0.717) is 31.6 Å². The van der Waals surface area contributed by atoms with Gasteiger partial charge in [-0.2, -0.15) is 8.78 Å². The standard InChI is InChI=1S/C22H22ClF2N3O5/c23-17-12-16(6-7-18(17)33-21(24)25)26-19(29)13-32-20(30)14-8-10-28(11-9-14)22(31)27-15-4-2-1-3-5-15/h1-7,12,14,21H,8-11,13H2,(H,26,29)(H,27,31). The second-order valence-corrected chi connectivity index (χ2v) is 7.64. The average molecular weight is 482 g/mol. The molecule has 1 fully saturated rings. The third-order valence-corrected chi connectivity index (χ3v) is 5.21. The number of benzene rings is 2. The number of hydrogen-bond acceptors (Lipinski definition) is 5. The zero-order valence-corrected chi connectivity index (χ0v) is 18.2. The Kier molecular flexibility index (Phi) is 8.42. The average Bonchev–Trinajstić information content (AvgIpc) is 2.80. The van der Waals surface area contributed by atoms with Crippen LogP contribution in [0.3, 0.4) is 0 Å². The molecule has 3 amide bonds. The summed E-state index contributed by atoms with van der Waals surface area (Å²) in [7, 11) is 0. The monoisotopic (exact) mass is 481 g/mol. The largest absolute Gasteiger partial charge is 0.455 e. The quantitative estimate of drug-likeness (QED) is 0.572. The van der Waals surface area contributed by atoms with Crippen molar-refractivity contribution >= 4 is 40.9 Å². The summed E-state index contributed by atoms with van der Waals surface area (Å²) in [6.45, 7) is -2.76. The summed E-state index contributed by atoms with van der Waals surface area (Å²) in [6.07, 6.45) is 0.841. The van der Waals surface area contributed by atoms with Crippen LogP contribution in [0.25, 0.3) is 0 Å². The van der Waals surface area contributed by atoms with E-state index >= 15 is 0 Å². The van der Waals surface area contributed by atoms with Crippen LogP contribution < -0.4 is 15.4 Å². The molecule has 0 spiro atoms. The molecule has 2 N–H and O–H groups in total. The number of ether oxygens (including phenoxy) is 2. The van der Waals surface area contributed by atoms with E-state index in [1.807, 2.05) is 18.2 Å². The van der Waals surface area contributed by atoms with Crippen LogP contribution in [0.2, 0.25) is 5.02 Å². The third-order valence-electron chi connectivity index (χ3n) is 4.92. The number of urea groups is 1. The van der Waals surface area contributed by atoms with Gasteiger partial charge < -0.3 is 25.0 Å². The molecule has 3 rings (SSSR count). The summed E-state index contributed by atoms with van der Waals surface area (Å²) < 4.78 is 33.9. The van der Waals surface area contributed by atoms with Gasteiger partial charge in [0.15, 0.2) is 6.61 Å². The van der Waals surface area contributed by atoms with E-state index in [2.05, 4.69) is 15.4 Å². The van der Waals surface area contributed by atoms with Crippen molar-refractivity contribution in [2.24, 2.45) is 5.92 Å². The highest BCUT2D eigenvalue weighted by atomic mass is 35.5. The lowest BCUT2D eigenvalue weighted by Crippen LogP contribution is -2.43. The smallest absolute Gasteiger partial charge is 0.387 e. The van der Waals surface area contributed by atoms with E-state index in [0.717, 1.165) is 0 Å². The van der Waals surface area contributed by atoms with Crippen molar-refractivity contribution in [3.63, 3.8) is 0 Å². The van der Waals surface area contributed by atoms with Gasteiger partial charge in [0.1, 0.15) is 5.75 Å². The Morgan fingerprint density at radius 1 is 1.03 bits per heavy atom. The van der Waals surface area contributed by atoms with Crippen molar-refractivity contribution < 1.29 is 32.6 Å². The van der Waals surface area contributed by atoms with Gasteiger partial charge in [0, 0.05) is 24.5 Å². The molecule has 1 heterocycles. The van der Waals surface area contributed by atoms with Crippen molar-refractivity contribution in [3.8, 4) is 5.75 Å². The van der Waals surface area contributed by atoms with Gasteiger partial charge in [-0.1, -0.05) is 29.8 Å². The highest BCUT2D eigenvalue weighted by Crippen LogP contribution is 2.29. The molecular weight excluding hydrogens is 460 g/mol. The number of hydrogen-bond donors (Lipinski definition) is 2. The number of halogens is 3. The number of rotatable bonds is 7. The van der Waals surface area contributed by atoms with E-state index in [-0.39, 0.29) is 22.5 Å². The summed E-state index contributed by atoms with van der Waals surface area (Å²) in [6, 6.07) is 12.6. The molecule has 1 aliphatic rings. The zero-order chi connectivity index (χ0) is 23.8. The van der Waals surface area contributed by atoms with Gasteiger partial charge in [0.05, 0.1) is 10.9 Å². The van der Waals surface area contributed by atoms with Gasteiger partial charge in [-0.15, -0.1) is 0 Å². The molecule has 0 unspecified atom stereocenters. The highest BCUT2D eigenvalue weighted by Gasteiger charge is 2.28. The number of carbonyl (C=O) groups is 3. The van der Waals surface area contributed by atoms with Crippen molar-refractivity contribution in [3.05, 3.63) is 53.6 Å². The van der Waals surface area contributed by atoms with E-state index in [9.17, 15) is 23.2 Å². The Morgan fingerprint density at radius 3 is 2.36 bits per heavy atom. The van der Waals surface area contributed by atoms with Crippen LogP contribution in [-0.4, -0.2) is 49.1 Å². The first-order valence-corrected chi connectivity index (χ1v) is 10.5. The van der Waals surface area contributed by atoms with Crippen LogP contribution in [0, 0.1) is 5.92 Å². The molecule has 8 nitrogen and oxygen atoms in total. The molecule has 2 aromatic rings. The number of piperidine rings is 1. The molecular formula is C22H22ClF2N3O5. The van der Waals surface area contributed by atoms with Gasteiger partial charge >= 0.3 is 18.6 Å². The van der Waals surface area contributed by atoms with Crippen molar-refractivity contribution in [1.82, 2.24) is 4.90 Å². The molecule has 0 aromatic heterocycles. The maximum atomic E-state index is 12.3. The van der Waals surface area contributed by atoms with Gasteiger partial charge in [0.25, 0.3) is 5.91 Å². The summed E-state index contributed by atoms with van der Waals surface area (Å²) in [5.74, 6) is -1.77. The Balaban J connectivity index is 1.40. The Hall–Kier alpha value is -3.40. The predicted octanol–water partition coefficient (Wildman–Crippen LogP) is 4.37. The molecule has 11 heteroatoms. The third kappa shape index (κ3) is 7.31. The molecule has 0 atom stereocenters. The molecule has 0 saturated carbocycles. The van der Waals surface area contributed by atoms with E-state index in [1.54, 1.807) is 17.0 Å². The minimum atomic E-state index is -3.02. The minimum absolute atomic E-state index is 0.104. The summed E-state index contributed by atoms with van der Waals surface area (Å²) in [5, 5.41) is 5.16. The van der Waals surface area contributed by atoms with Crippen molar-refractivity contribution in [2.75, 3.05) is 30.3 Å². The Labute approximate surface area is 193 Å². The number of nitrogens with one attached hydrogen (secondary N) is 2. The number of anilines is 2. The fourth-order valence-electron chi connectivity index (χ4n) is 3.26. The van der Waals surface area contributed by atoms with Crippen LogP contribution in [0.5, 0.6) is 5.75 Å². The maximum Gasteiger partial charge on any atom is 0.387 e. The molecule has 176 valence electrons. The van der Waals surface area contributed by atoms with Crippen molar-refractivity contribution in [2.45, 2.75) is 19.5 Å². The highest BCUT2D eigenvalue weighted by molar-refractivity contribution is 6.32. The maximum absolute atomic E-state index is 12.3. The number of esters is 1. The van der Waals surface area contributed by atoms with Crippen molar-refractivity contribution in [1.29, 1.82) is 0 Å². The van der Waals surface area contributed by atoms with E-state index in [1.165, 1.54) is 18.2 Å². The number of amides is 3. The van der Waals surface area contributed by atoms with Crippen LogP contribution in [0.1, 0.15) is 12.8 Å². The van der Waals surface area contributed by atoms with Crippen LogP contribution in [0.4, 0.5) is 25.0 Å². The summed E-state index contributed by atoms with van der Waals surface area (Å²) >= 11 is 5.84. The minimum Gasteiger partial charge on any atom is -0.455 e. The number of carbonyl (C=O) groups excluding carboxylic acids is 3. The lowest BCUT2D eigenvalue weighted by Gasteiger charge is -2.30. The number of nitrogens with zero attached hydrogens (tertiary/aromatic N) is 1. The molecule has 2 aromatic carbocycles. The Bertz CT molecular complexity index is 985. The summed E-state index contributed by atoms with van der Waals surface area (Å²) in [5.41, 5.74) is 0.924. The van der Waals surface area contributed by atoms with Crippen LogP contribution in [-0.2, 0) is 14.3 Å². The first-order valence-electron chi connectivity index (χ1n) is 10.1. The van der Waals surface area contributed by atoms with Gasteiger partial charge in [-0.05, 0) is 43.2 Å². The van der Waals surface area contributed by atoms with E-state index < -0.39 is 31.0 Å². The fraction of sp³-hybridized carbons (Fsp3) is 0.318. The second-order valence-electron chi connectivity index (χ2n) is 7.24. The molecule has 0 radical (unpaired) electrons. The van der Waals surface area contributed by atoms with E-state index in [4.69, 9.17) is 16.3 Å². The zero-order valence-electron chi connectivity index (χ0n) is 17.4. The SMILES string of the molecule is O=C(COC(=O)C1CCN(C(=O)Nc2ccccc2)CC1)Nc1ccc(OC(F)F)c(Cl)c1. The number of alkyl halides is 2. The lowest BCUT2D eigenvalue weighted by atomic mass is 9.97. The first kappa shape index (κ1) is 24.2. The topological polar surface area (TPSA) is 97.0 Å². The molecule has 1 saturated heterocycles. The van der Waals surface area contributed by atoms with Crippen LogP contribution >= 0.6 is 11.6 Å². The predicted molar refractivity (Wildman–Crippen MR) is 117 cm³/mol. The molecule has 33 heavy (non-hydrogen) atoms. The lowest BCUT2D eigenvalue weighted by molar-refractivity contribution is -0.152. The van der Waals surface area contributed by atoms with Gasteiger partial charge in [0.2, 0.25) is 0 Å².